The van der Waals surface area contributed by atoms with Crippen molar-refractivity contribution in [2.45, 2.75) is 33.7 Å². The molecule has 1 aliphatic heterocycles. The van der Waals surface area contributed by atoms with Crippen LogP contribution < -0.4 is 11.1 Å². The van der Waals surface area contributed by atoms with Crippen LogP contribution in [0.4, 0.5) is 5.69 Å². The molecule has 1 aromatic carbocycles. The first-order valence-electron chi connectivity index (χ1n) is 8.16. The molecule has 0 saturated heterocycles. The largest absolute Gasteiger partial charge is 0.462 e. The van der Waals surface area contributed by atoms with Gasteiger partial charge < -0.3 is 20.7 Å². The van der Waals surface area contributed by atoms with Crippen LogP contribution in [0.25, 0.3) is 0 Å². The third-order valence-corrected chi connectivity index (χ3v) is 4.29. The molecule has 5 nitrogen and oxygen atoms in total. The number of carbonyl (C=O) groups is 1. The van der Waals surface area contributed by atoms with E-state index in [1.54, 1.807) is 0 Å². The Hall–Kier alpha value is -2.08. The lowest BCUT2D eigenvalue weighted by Gasteiger charge is -2.37. The molecular weight excluding hydrogens is 322 g/mol. The predicted octanol–water partition coefficient (Wildman–Crippen LogP) is 2.99. The quantitative estimate of drug-likeness (QED) is 0.485. The van der Waals surface area contributed by atoms with E-state index in [2.05, 4.69) is 5.32 Å². The lowest BCUT2D eigenvalue weighted by Crippen LogP contribution is -2.47. The van der Waals surface area contributed by atoms with Crippen LogP contribution in [0, 0.1) is 5.92 Å². The molecule has 0 aliphatic carbocycles. The van der Waals surface area contributed by atoms with Gasteiger partial charge in [0.2, 0.25) is 0 Å². The second-order valence-electron chi connectivity index (χ2n) is 6.28. The van der Waals surface area contributed by atoms with E-state index in [0.717, 1.165) is 11.3 Å². The van der Waals surface area contributed by atoms with E-state index in [4.69, 9.17) is 22.7 Å². The molecule has 130 valence electrons. The standard InChI is InChI=1S/C18H25N3O2S/c1-5-21-12(4)15(17(22)23-10-11(2)3)16(20-18(21)24)13-6-8-14(19)9-7-13/h6-9,11,16H,5,10,19H2,1-4H3,(H,20,24)/t16-/m0/s1. The van der Waals surface area contributed by atoms with Crippen molar-refractivity contribution < 1.29 is 9.53 Å². The van der Waals surface area contributed by atoms with E-state index >= 15 is 0 Å². The van der Waals surface area contributed by atoms with Crippen LogP contribution in [0.15, 0.2) is 35.5 Å². The van der Waals surface area contributed by atoms with E-state index in [-0.39, 0.29) is 17.9 Å². The minimum Gasteiger partial charge on any atom is -0.462 e. The summed E-state index contributed by atoms with van der Waals surface area (Å²) in [6.07, 6.45) is 0. The third-order valence-electron chi connectivity index (χ3n) is 3.95. The van der Waals surface area contributed by atoms with E-state index in [0.29, 0.717) is 29.5 Å². The zero-order valence-electron chi connectivity index (χ0n) is 14.6. The Morgan fingerprint density at radius 2 is 2.00 bits per heavy atom. The molecule has 1 atom stereocenters. The van der Waals surface area contributed by atoms with Gasteiger partial charge >= 0.3 is 5.97 Å². The Balaban J connectivity index is 2.42. The maximum atomic E-state index is 12.7. The summed E-state index contributed by atoms with van der Waals surface area (Å²) in [4.78, 5) is 14.6. The summed E-state index contributed by atoms with van der Waals surface area (Å²) in [5.74, 6) is -0.0267. The molecular formula is C18H25N3O2S. The first kappa shape index (κ1) is 18.3. The van der Waals surface area contributed by atoms with Gasteiger partial charge in [0.05, 0.1) is 18.2 Å². The number of rotatable bonds is 5. The van der Waals surface area contributed by atoms with Crippen LogP contribution in [0.5, 0.6) is 0 Å². The van der Waals surface area contributed by atoms with Crippen molar-refractivity contribution in [2.75, 3.05) is 18.9 Å². The number of nitrogens with two attached hydrogens (primary N) is 1. The molecule has 0 fully saturated rings. The number of allylic oxidation sites excluding steroid dienone is 1. The molecule has 0 spiro atoms. The Labute approximate surface area is 148 Å². The third kappa shape index (κ3) is 3.87. The van der Waals surface area contributed by atoms with E-state index < -0.39 is 0 Å². The summed E-state index contributed by atoms with van der Waals surface area (Å²) in [7, 11) is 0. The highest BCUT2D eigenvalue weighted by Gasteiger charge is 2.34. The molecule has 6 heteroatoms. The Bertz CT molecular complexity index is 653. The Morgan fingerprint density at radius 3 is 2.54 bits per heavy atom. The lowest BCUT2D eigenvalue weighted by molar-refractivity contribution is -0.140. The fraction of sp³-hybridized carbons (Fsp3) is 0.444. The number of hydrogen-bond donors (Lipinski definition) is 2. The number of nitrogen functional groups attached to an aromatic ring is 1. The van der Waals surface area contributed by atoms with Gasteiger partial charge in [-0.25, -0.2) is 4.79 Å². The summed E-state index contributed by atoms with van der Waals surface area (Å²) in [5.41, 5.74) is 8.80. The minimum atomic E-state index is -0.333. The SMILES string of the molecule is CCN1C(=S)N[C@@H](c2ccc(N)cc2)C(C(=O)OCC(C)C)=C1C. The number of anilines is 1. The van der Waals surface area contributed by atoms with Crippen LogP contribution in [0.1, 0.15) is 39.3 Å². The van der Waals surface area contributed by atoms with Gasteiger partial charge in [0.1, 0.15) is 0 Å². The molecule has 3 N–H and O–H groups in total. The lowest BCUT2D eigenvalue weighted by atomic mass is 9.95. The first-order chi connectivity index (χ1) is 11.3. The second kappa shape index (κ2) is 7.66. The van der Waals surface area contributed by atoms with Gasteiger partial charge in [-0.1, -0.05) is 26.0 Å². The number of carbonyl (C=O) groups excluding carboxylic acids is 1. The van der Waals surface area contributed by atoms with Crippen molar-refractivity contribution in [2.24, 2.45) is 5.92 Å². The van der Waals surface area contributed by atoms with Crippen LogP contribution in [-0.4, -0.2) is 29.1 Å². The van der Waals surface area contributed by atoms with Crippen molar-refractivity contribution in [1.29, 1.82) is 0 Å². The van der Waals surface area contributed by atoms with Gasteiger partial charge in [-0.3, -0.25) is 0 Å². The maximum absolute atomic E-state index is 12.7. The molecule has 1 aliphatic rings. The topological polar surface area (TPSA) is 67.6 Å². The number of ether oxygens (including phenoxy) is 1. The molecule has 1 aromatic rings. The molecule has 0 unspecified atom stereocenters. The van der Waals surface area contributed by atoms with Crippen molar-refractivity contribution in [3.05, 3.63) is 41.1 Å². The van der Waals surface area contributed by atoms with Gasteiger partial charge in [-0.2, -0.15) is 0 Å². The Morgan fingerprint density at radius 1 is 1.38 bits per heavy atom. The zero-order chi connectivity index (χ0) is 17.9. The van der Waals surface area contributed by atoms with Crippen LogP contribution in [-0.2, 0) is 9.53 Å². The van der Waals surface area contributed by atoms with Crippen LogP contribution in [0.3, 0.4) is 0 Å². The van der Waals surface area contributed by atoms with Crippen LogP contribution in [0.2, 0.25) is 0 Å². The molecule has 2 rings (SSSR count). The van der Waals surface area contributed by atoms with E-state index in [1.165, 1.54) is 0 Å². The number of hydrogen-bond acceptors (Lipinski definition) is 4. The van der Waals surface area contributed by atoms with E-state index in [1.807, 2.05) is 56.9 Å². The predicted molar refractivity (Wildman–Crippen MR) is 100 cm³/mol. The summed E-state index contributed by atoms with van der Waals surface area (Å²) in [6.45, 7) is 9.01. The highest BCUT2D eigenvalue weighted by Crippen LogP contribution is 2.31. The molecule has 0 radical (unpaired) electrons. The molecule has 0 aromatic heterocycles. The summed E-state index contributed by atoms with van der Waals surface area (Å²) >= 11 is 5.46. The zero-order valence-corrected chi connectivity index (χ0v) is 15.4. The highest BCUT2D eigenvalue weighted by molar-refractivity contribution is 7.80. The smallest absolute Gasteiger partial charge is 0.338 e. The van der Waals surface area contributed by atoms with Gasteiger partial charge in [0.25, 0.3) is 0 Å². The monoisotopic (exact) mass is 347 g/mol. The average Bonchev–Trinajstić information content (AvgIpc) is 2.53. The second-order valence-corrected chi connectivity index (χ2v) is 6.67. The number of esters is 1. The molecule has 24 heavy (non-hydrogen) atoms. The van der Waals surface area contributed by atoms with Crippen molar-refractivity contribution in [3.63, 3.8) is 0 Å². The number of thiocarbonyl (C=S) groups is 1. The minimum absolute atomic E-state index is 0.282. The Kier molecular flexibility index (Phi) is 5.83. The summed E-state index contributed by atoms with van der Waals surface area (Å²) < 4.78 is 5.49. The normalized spacial score (nSPS) is 18.0. The fourth-order valence-corrected chi connectivity index (χ4v) is 3.07. The molecule has 1 heterocycles. The average molecular weight is 347 g/mol. The molecule has 0 bridgehead atoms. The highest BCUT2D eigenvalue weighted by atomic mass is 32.1. The molecule has 0 amide bonds. The number of nitrogens with one attached hydrogen (secondary N) is 1. The number of benzene rings is 1. The number of nitrogens with zero attached hydrogens (tertiary/aromatic N) is 1. The van der Waals surface area contributed by atoms with Crippen molar-refractivity contribution in [1.82, 2.24) is 10.2 Å². The van der Waals surface area contributed by atoms with Gasteiger partial charge in [0.15, 0.2) is 5.11 Å². The fourth-order valence-electron chi connectivity index (χ4n) is 2.69. The van der Waals surface area contributed by atoms with Gasteiger partial charge in [-0.15, -0.1) is 0 Å². The van der Waals surface area contributed by atoms with Gasteiger partial charge in [0, 0.05) is 17.9 Å². The first-order valence-corrected chi connectivity index (χ1v) is 8.57. The van der Waals surface area contributed by atoms with E-state index in [9.17, 15) is 4.79 Å². The van der Waals surface area contributed by atoms with Gasteiger partial charge in [-0.05, 0) is 49.7 Å². The van der Waals surface area contributed by atoms with Crippen molar-refractivity contribution in [3.8, 4) is 0 Å². The van der Waals surface area contributed by atoms with Crippen LogP contribution >= 0.6 is 12.2 Å². The van der Waals surface area contributed by atoms with Crippen molar-refractivity contribution >= 4 is 29.0 Å². The summed E-state index contributed by atoms with van der Waals surface area (Å²) in [5, 5.41) is 3.87. The molecule has 0 saturated carbocycles. The summed E-state index contributed by atoms with van der Waals surface area (Å²) in [6, 6.07) is 7.11. The maximum Gasteiger partial charge on any atom is 0.338 e.